The zero-order valence-corrected chi connectivity index (χ0v) is 15.7. The number of carboxylic acid groups (broad SMARTS) is 1. The second-order valence-corrected chi connectivity index (χ2v) is 6.94. The molecule has 3 rings (SSSR count). The number of carboxylic acids is 1. The van der Waals surface area contributed by atoms with E-state index in [-0.39, 0.29) is 30.8 Å². The van der Waals surface area contributed by atoms with Crippen LogP contribution < -0.4 is 10.6 Å². The highest BCUT2D eigenvalue weighted by molar-refractivity contribution is 6.04. The molecule has 3 amide bonds. The Hall–Kier alpha value is -3.42. The van der Waals surface area contributed by atoms with Crippen molar-refractivity contribution in [3.63, 3.8) is 0 Å². The zero-order chi connectivity index (χ0) is 20.8. The van der Waals surface area contributed by atoms with Gasteiger partial charge in [-0.3, -0.25) is 9.59 Å². The van der Waals surface area contributed by atoms with E-state index in [0.717, 1.165) is 5.56 Å². The molecule has 2 aromatic carbocycles. The summed E-state index contributed by atoms with van der Waals surface area (Å²) >= 11 is 0. The van der Waals surface area contributed by atoms with Crippen molar-refractivity contribution < 1.29 is 23.9 Å². The van der Waals surface area contributed by atoms with E-state index >= 15 is 0 Å². The maximum atomic E-state index is 12.9. The molecule has 1 aliphatic heterocycles. The summed E-state index contributed by atoms with van der Waals surface area (Å²) in [4.78, 5) is 37.1. The third kappa shape index (κ3) is 5.54. The SMILES string of the molecule is O=C(Nc1ccc(F)cc1)c1ccc(CNC(=O)N2CCCC(C(=O)O)C2)cc1. The number of benzene rings is 2. The van der Waals surface area contributed by atoms with Crippen molar-refractivity contribution in [2.75, 3.05) is 18.4 Å². The molecule has 3 N–H and O–H groups in total. The lowest BCUT2D eigenvalue weighted by Gasteiger charge is -2.30. The van der Waals surface area contributed by atoms with E-state index in [0.29, 0.717) is 30.6 Å². The van der Waals surface area contributed by atoms with Crippen LogP contribution >= 0.6 is 0 Å². The standard InChI is InChI=1S/C21H22FN3O4/c22-17-7-9-18(10-8-17)24-19(26)15-5-3-14(4-6-15)12-23-21(29)25-11-1-2-16(13-25)20(27)28/h3-10,16H,1-2,11-13H2,(H,23,29)(H,24,26)(H,27,28). The number of carbonyl (C=O) groups excluding carboxylic acids is 2. The molecule has 8 heteroatoms. The van der Waals surface area contributed by atoms with Gasteiger partial charge in [-0.15, -0.1) is 0 Å². The van der Waals surface area contributed by atoms with Gasteiger partial charge in [-0.1, -0.05) is 12.1 Å². The normalized spacial score (nSPS) is 16.2. The molecule has 0 bridgehead atoms. The number of likely N-dealkylation sites (tertiary alicyclic amines) is 1. The van der Waals surface area contributed by atoms with Gasteiger partial charge in [0.2, 0.25) is 0 Å². The molecule has 1 saturated heterocycles. The van der Waals surface area contributed by atoms with Gasteiger partial charge in [0.15, 0.2) is 0 Å². The summed E-state index contributed by atoms with van der Waals surface area (Å²) in [6.45, 7) is 1.02. The van der Waals surface area contributed by atoms with Gasteiger partial charge in [-0.05, 0) is 54.8 Å². The molecule has 0 aliphatic carbocycles. The Balaban J connectivity index is 1.51. The van der Waals surface area contributed by atoms with Crippen LogP contribution in [0.2, 0.25) is 0 Å². The van der Waals surface area contributed by atoms with Crippen molar-refractivity contribution >= 4 is 23.6 Å². The fourth-order valence-electron chi connectivity index (χ4n) is 3.16. The van der Waals surface area contributed by atoms with Crippen molar-refractivity contribution in [3.8, 4) is 0 Å². The van der Waals surface area contributed by atoms with Crippen molar-refractivity contribution in [2.24, 2.45) is 5.92 Å². The van der Waals surface area contributed by atoms with Gasteiger partial charge in [0.25, 0.3) is 5.91 Å². The molecule has 7 nitrogen and oxygen atoms in total. The molecule has 0 saturated carbocycles. The number of carbonyl (C=O) groups is 3. The molecule has 1 aliphatic rings. The van der Waals surface area contributed by atoms with Gasteiger partial charge < -0.3 is 20.6 Å². The van der Waals surface area contributed by atoms with Crippen LogP contribution in [0.3, 0.4) is 0 Å². The van der Waals surface area contributed by atoms with E-state index < -0.39 is 11.9 Å². The Morgan fingerprint density at radius 1 is 1.07 bits per heavy atom. The fourth-order valence-corrected chi connectivity index (χ4v) is 3.16. The fraction of sp³-hybridized carbons (Fsp3) is 0.286. The molecule has 1 heterocycles. The highest BCUT2D eigenvalue weighted by Gasteiger charge is 2.27. The molecular formula is C21H22FN3O4. The summed E-state index contributed by atoms with van der Waals surface area (Å²) in [5, 5.41) is 14.6. The van der Waals surface area contributed by atoms with Crippen LogP contribution in [0.1, 0.15) is 28.8 Å². The minimum atomic E-state index is -0.878. The van der Waals surface area contributed by atoms with Crippen LogP contribution in [0.15, 0.2) is 48.5 Å². The Morgan fingerprint density at radius 3 is 2.41 bits per heavy atom. The van der Waals surface area contributed by atoms with Crippen LogP contribution in [0, 0.1) is 11.7 Å². The summed E-state index contributed by atoms with van der Waals surface area (Å²) in [7, 11) is 0. The van der Waals surface area contributed by atoms with Crippen molar-refractivity contribution in [1.29, 1.82) is 0 Å². The third-order valence-corrected chi connectivity index (χ3v) is 4.82. The molecule has 1 atom stereocenters. The highest BCUT2D eigenvalue weighted by Crippen LogP contribution is 2.17. The second kappa shape index (κ2) is 9.18. The predicted molar refractivity (Wildman–Crippen MR) is 105 cm³/mol. The number of halogens is 1. The van der Waals surface area contributed by atoms with E-state index in [1.165, 1.54) is 29.2 Å². The van der Waals surface area contributed by atoms with Crippen LogP contribution in [-0.4, -0.2) is 41.0 Å². The van der Waals surface area contributed by atoms with Gasteiger partial charge in [-0.2, -0.15) is 0 Å². The average molecular weight is 399 g/mol. The van der Waals surface area contributed by atoms with Gasteiger partial charge >= 0.3 is 12.0 Å². The summed E-state index contributed by atoms with van der Waals surface area (Å²) in [5.74, 6) is -2.09. The lowest BCUT2D eigenvalue weighted by atomic mass is 9.99. The molecule has 1 fully saturated rings. The number of rotatable bonds is 5. The summed E-state index contributed by atoms with van der Waals surface area (Å²) in [5.41, 5.74) is 1.74. The zero-order valence-electron chi connectivity index (χ0n) is 15.7. The van der Waals surface area contributed by atoms with Crippen LogP contribution in [0.25, 0.3) is 0 Å². The summed E-state index contributed by atoms with van der Waals surface area (Å²) in [6, 6.07) is 11.9. The smallest absolute Gasteiger partial charge is 0.317 e. The molecule has 0 radical (unpaired) electrons. The number of nitrogens with zero attached hydrogens (tertiary/aromatic N) is 1. The largest absolute Gasteiger partial charge is 0.481 e. The topological polar surface area (TPSA) is 98.7 Å². The van der Waals surface area contributed by atoms with Crippen molar-refractivity contribution in [2.45, 2.75) is 19.4 Å². The van der Waals surface area contributed by atoms with Crippen LogP contribution in [0.5, 0.6) is 0 Å². The van der Waals surface area contributed by atoms with E-state index in [4.69, 9.17) is 5.11 Å². The number of anilines is 1. The first-order chi connectivity index (χ1) is 13.9. The number of nitrogens with one attached hydrogen (secondary N) is 2. The van der Waals surface area contributed by atoms with E-state index in [1.807, 2.05) is 0 Å². The first-order valence-corrected chi connectivity index (χ1v) is 9.34. The van der Waals surface area contributed by atoms with Gasteiger partial charge in [0.05, 0.1) is 5.92 Å². The Bertz CT molecular complexity index is 884. The molecule has 0 spiro atoms. The maximum absolute atomic E-state index is 12.9. The third-order valence-electron chi connectivity index (χ3n) is 4.82. The van der Waals surface area contributed by atoms with E-state index in [1.54, 1.807) is 24.3 Å². The van der Waals surface area contributed by atoms with Crippen LogP contribution in [0.4, 0.5) is 14.9 Å². The molecule has 1 unspecified atom stereocenters. The predicted octanol–water partition coefficient (Wildman–Crippen LogP) is 3.08. The molecule has 29 heavy (non-hydrogen) atoms. The number of hydrogen-bond acceptors (Lipinski definition) is 3. The quantitative estimate of drug-likeness (QED) is 0.720. The Kier molecular flexibility index (Phi) is 6.43. The van der Waals surface area contributed by atoms with Gasteiger partial charge in [0, 0.05) is 30.9 Å². The Labute approximate surface area is 167 Å². The number of amides is 3. The molecule has 2 aromatic rings. The van der Waals surface area contributed by atoms with Gasteiger partial charge in [-0.25, -0.2) is 9.18 Å². The van der Waals surface area contributed by atoms with Crippen molar-refractivity contribution in [3.05, 3.63) is 65.5 Å². The minimum absolute atomic E-state index is 0.212. The first kappa shape index (κ1) is 20.3. The molecule has 0 aromatic heterocycles. The van der Waals surface area contributed by atoms with E-state index in [2.05, 4.69) is 10.6 Å². The molecular weight excluding hydrogens is 377 g/mol. The lowest BCUT2D eigenvalue weighted by Crippen LogP contribution is -2.46. The van der Waals surface area contributed by atoms with Crippen LogP contribution in [-0.2, 0) is 11.3 Å². The van der Waals surface area contributed by atoms with E-state index in [9.17, 15) is 18.8 Å². The maximum Gasteiger partial charge on any atom is 0.317 e. The highest BCUT2D eigenvalue weighted by atomic mass is 19.1. The lowest BCUT2D eigenvalue weighted by molar-refractivity contribution is -0.143. The van der Waals surface area contributed by atoms with Gasteiger partial charge in [0.1, 0.15) is 5.82 Å². The second-order valence-electron chi connectivity index (χ2n) is 6.94. The molecule has 152 valence electrons. The summed E-state index contributed by atoms with van der Waals surface area (Å²) < 4.78 is 12.9. The minimum Gasteiger partial charge on any atom is -0.481 e. The average Bonchev–Trinajstić information content (AvgIpc) is 2.74. The first-order valence-electron chi connectivity index (χ1n) is 9.34. The Morgan fingerprint density at radius 2 is 1.76 bits per heavy atom. The van der Waals surface area contributed by atoms with Crippen molar-refractivity contribution in [1.82, 2.24) is 10.2 Å². The number of urea groups is 1. The number of aliphatic carboxylic acids is 1. The summed E-state index contributed by atoms with van der Waals surface area (Å²) in [6.07, 6.45) is 1.25. The number of hydrogen-bond donors (Lipinski definition) is 3. The number of piperidine rings is 1. The monoisotopic (exact) mass is 399 g/mol.